The second-order valence-corrected chi connectivity index (χ2v) is 7.47. The Morgan fingerprint density at radius 3 is 2.33 bits per heavy atom. The van der Waals surface area contributed by atoms with Gasteiger partial charge in [0.05, 0.1) is 0 Å². The number of amides is 1. The molecule has 0 aliphatic carbocycles. The van der Waals surface area contributed by atoms with Gasteiger partial charge in [-0.1, -0.05) is 24.2 Å². The number of nitrogens with zero attached hydrogens (tertiary/aromatic N) is 5. The molecule has 24 heavy (non-hydrogen) atoms. The largest absolute Gasteiger partial charge is 0.347 e. The van der Waals surface area contributed by atoms with Crippen LogP contribution < -0.4 is 4.90 Å². The van der Waals surface area contributed by atoms with Crippen molar-refractivity contribution in [1.82, 2.24) is 19.7 Å². The molecule has 0 bridgehead atoms. The summed E-state index contributed by atoms with van der Waals surface area (Å²) in [7, 11) is 0. The monoisotopic (exact) mass is 345 g/mol. The van der Waals surface area contributed by atoms with Gasteiger partial charge in [-0.2, -0.15) is 0 Å². The van der Waals surface area contributed by atoms with Crippen molar-refractivity contribution in [3.63, 3.8) is 0 Å². The van der Waals surface area contributed by atoms with Gasteiger partial charge in [0.2, 0.25) is 10.3 Å². The molecule has 2 fully saturated rings. The van der Waals surface area contributed by atoms with E-state index in [9.17, 15) is 4.79 Å². The summed E-state index contributed by atoms with van der Waals surface area (Å²) in [5.41, 5.74) is 0.695. The molecule has 7 heteroatoms. The summed E-state index contributed by atoms with van der Waals surface area (Å²) < 4.78 is 1.89. The number of carbonyl (C=O) groups excluding carboxylic acids is 1. The van der Waals surface area contributed by atoms with Gasteiger partial charge < -0.3 is 9.80 Å². The molecule has 0 spiro atoms. The van der Waals surface area contributed by atoms with Crippen molar-refractivity contribution in [3.8, 4) is 5.13 Å². The summed E-state index contributed by atoms with van der Waals surface area (Å²) in [4.78, 5) is 17.2. The first-order valence-corrected chi connectivity index (χ1v) is 9.70. The van der Waals surface area contributed by atoms with Crippen molar-refractivity contribution in [2.24, 2.45) is 0 Å². The van der Waals surface area contributed by atoms with E-state index in [1.54, 1.807) is 11.3 Å². The molecule has 1 amide bonds. The van der Waals surface area contributed by atoms with Crippen LogP contribution in [0.2, 0.25) is 0 Å². The maximum absolute atomic E-state index is 12.9. The minimum atomic E-state index is 0.111. The lowest BCUT2D eigenvalue weighted by Gasteiger charge is -2.20. The Kier molecular flexibility index (Phi) is 4.51. The van der Waals surface area contributed by atoms with Crippen LogP contribution in [0, 0.1) is 0 Å². The summed E-state index contributed by atoms with van der Waals surface area (Å²) in [6.45, 7) is 3.83. The van der Waals surface area contributed by atoms with Crippen molar-refractivity contribution in [1.29, 1.82) is 0 Å². The van der Waals surface area contributed by atoms with Crippen molar-refractivity contribution in [2.45, 2.75) is 38.5 Å². The summed E-state index contributed by atoms with van der Waals surface area (Å²) in [6.07, 6.45) is 9.00. The molecule has 0 atom stereocenters. The molecule has 0 saturated carbocycles. The van der Waals surface area contributed by atoms with E-state index in [1.165, 1.54) is 25.7 Å². The molecule has 2 saturated heterocycles. The molecule has 0 radical (unpaired) electrons. The highest BCUT2D eigenvalue weighted by atomic mass is 32.1. The first-order chi connectivity index (χ1) is 11.8. The van der Waals surface area contributed by atoms with E-state index in [1.807, 2.05) is 27.8 Å². The minimum Gasteiger partial charge on any atom is -0.347 e. The minimum absolute atomic E-state index is 0.111. The Hall–Kier alpha value is -1.89. The Bertz CT molecular complexity index is 695. The van der Waals surface area contributed by atoms with E-state index >= 15 is 0 Å². The van der Waals surface area contributed by atoms with Crippen LogP contribution in [0.1, 0.15) is 49.0 Å². The molecule has 6 nitrogen and oxygen atoms in total. The zero-order valence-electron chi connectivity index (χ0n) is 13.9. The molecule has 2 aliphatic rings. The van der Waals surface area contributed by atoms with E-state index in [0.29, 0.717) is 5.69 Å². The fourth-order valence-corrected chi connectivity index (χ4v) is 4.40. The van der Waals surface area contributed by atoms with Crippen LogP contribution in [0.5, 0.6) is 0 Å². The SMILES string of the molecule is O=C(c1cccn1-c1nnc(N2CCCC2)s1)N1CCCCCC1. The Labute approximate surface area is 146 Å². The quantitative estimate of drug-likeness (QED) is 0.858. The lowest BCUT2D eigenvalue weighted by molar-refractivity contribution is 0.0753. The maximum atomic E-state index is 12.9. The normalized spacial score (nSPS) is 18.8. The van der Waals surface area contributed by atoms with E-state index in [0.717, 1.165) is 49.3 Å². The number of likely N-dealkylation sites (tertiary alicyclic amines) is 1. The molecule has 0 unspecified atom stereocenters. The topological polar surface area (TPSA) is 54.3 Å². The molecule has 2 aromatic heterocycles. The molecule has 2 aromatic rings. The number of rotatable bonds is 3. The van der Waals surface area contributed by atoms with Crippen molar-refractivity contribution in [2.75, 3.05) is 31.1 Å². The molecular formula is C17H23N5OS. The van der Waals surface area contributed by atoms with E-state index in [4.69, 9.17) is 0 Å². The summed E-state index contributed by atoms with van der Waals surface area (Å²) in [5, 5.41) is 10.4. The molecule has 0 aromatic carbocycles. The lowest BCUT2D eigenvalue weighted by atomic mass is 10.2. The van der Waals surface area contributed by atoms with Crippen LogP contribution in [0.25, 0.3) is 5.13 Å². The van der Waals surface area contributed by atoms with Gasteiger partial charge in [-0.25, -0.2) is 0 Å². The summed E-state index contributed by atoms with van der Waals surface area (Å²) in [5.74, 6) is 0.111. The maximum Gasteiger partial charge on any atom is 0.270 e. The summed E-state index contributed by atoms with van der Waals surface area (Å²) in [6, 6.07) is 3.81. The highest BCUT2D eigenvalue weighted by molar-refractivity contribution is 7.17. The van der Waals surface area contributed by atoms with Gasteiger partial charge in [0.15, 0.2) is 0 Å². The van der Waals surface area contributed by atoms with Crippen LogP contribution in [0.15, 0.2) is 18.3 Å². The van der Waals surface area contributed by atoms with Gasteiger partial charge in [0, 0.05) is 32.4 Å². The second kappa shape index (κ2) is 6.93. The van der Waals surface area contributed by atoms with Crippen molar-refractivity contribution in [3.05, 3.63) is 24.0 Å². The van der Waals surface area contributed by atoms with Gasteiger partial charge in [-0.15, -0.1) is 10.2 Å². The van der Waals surface area contributed by atoms with Crippen molar-refractivity contribution < 1.29 is 4.79 Å². The molecule has 4 heterocycles. The van der Waals surface area contributed by atoms with Gasteiger partial charge in [0.1, 0.15) is 5.69 Å². The smallest absolute Gasteiger partial charge is 0.270 e. The highest BCUT2D eigenvalue weighted by Gasteiger charge is 2.23. The third-order valence-corrected chi connectivity index (χ3v) is 5.83. The average molecular weight is 345 g/mol. The highest BCUT2D eigenvalue weighted by Crippen LogP contribution is 2.27. The third kappa shape index (κ3) is 3.05. The number of aromatic nitrogens is 3. The van der Waals surface area contributed by atoms with Gasteiger partial charge in [-0.3, -0.25) is 9.36 Å². The fourth-order valence-electron chi connectivity index (χ4n) is 3.50. The first kappa shape index (κ1) is 15.6. The Balaban J connectivity index is 1.56. The number of anilines is 1. The van der Waals surface area contributed by atoms with E-state index < -0.39 is 0 Å². The van der Waals surface area contributed by atoms with Gasteiger partial charge in [-0.05, 0) is 37.8 Å². The van der Waals surface area contributed by atoms with Crippen LogP contribution in [0.4, 0.5) is 5.13 Å². The fraction of sp³-hybridized carbons (Fsp3) is 0.588. The van der Waals surface area contributed by atoms with Crippen LogP contribution in [-0.4, -0.2) is 51.8 Å². The zero-order chi connectivity index (χ0) is 16.4. The lowest BCUT2D eigenvalue weighted by Crippen LogP contribution is -2.33. The van der Waals surface area contributed by atoms with Crippen LogP contribution in [0.3, 0.4) is 0 Å². The predicted octanol–water partition coefficient (Wildman–Crippen LogP) is 2.95. The van der Waals surface area contributed by atoms with E-state index in [-0.39, 0.29) is 5.91 Å². The van der Waals surface area contributed by atoms with Crippen LogP contribution in [-0.2, 0) is 0 Å². The number of hydrogen-bond donors (Lipinski definition) is 0. The Morgan fingerprint density at radius 2 is 1.58 bits per heavy atom. The van der Waals surface area contributed by atoms with Gasteiger partial charge in [0.25, 0.3) is 5.91 Å². The second-order valence-electron chi connectivity index (χ2n) is 6.53. The zero-order valence-corrected chi connectivity index (χ0v) is 14.7. The molecule has 0 N–H and O–H groups in total. The third-order valence-electron chi connectivity index (χ3n) is 4.85. The molecule has 2 aliphatic heterocycles. The number of hydrogen-bond acceptors (Lipinski definition) is 5. The molecule has 128 valence electrons. The van der Waals surface area contributed by atoms with E-state index in [2.05, 4.69) is 15.1 Å². The molecular weight excluding hydrogens is 322 g/mol. The standard InChI is InChI=1S/C17H23N5OS/c23-15(20-9-3-1-2-4-10-20)14-8-7-13-22(14)17-19-18-16(24-17)21-11-5-6-12-21/h7-8,13H,1-6,9-12H2. The predicted molar refractivity (Wildman–Crippen MR) is 95.1 cm³/mol. The molecule has 4 rings (SSSR count). The summed E-state index contributed by atoms with van der Waals surface area (Å²) >= 11 is 1.57. The van der Waals surface area contributed by atoms with Crippen LogP contribution >= 0.6 is 11.3 Å². The number of carbonyl (C=O) groups is 1. The van der Waals surface area contributed by atoms with Gasteiger partial charge >= 0.3 is 0 Å². The van der Waals surface area contributed by atoms with Crippen molar-refractivity contribution >= 4 is 22.4 Å². The average Bonchev–Trinajstić information content (AvgIpc) is 3.31. The Morgan fingerprint density at radius 1 is 0.917 bits per heavy atom. The first-order valence-electron chi connectivity index (χ1n) is 8.88.